The lowest BCUT2D eigenvalue weighted by Crippen LogP contribution is -2.48. The summed E-state index contributed by atoms with van der Waals surface area (Å²) in [6, 6.07) is 0. The highest BCUT2D eigenvalue weighted by Gasteiger charge is 2.17. The number of nitrogens with one attached hydrogen (secondary N) is 2. The number of hydrogen-bond acceptors (Lipinski definition) is 4. The van der Waals surface area contributed by atoms with Crippen LogP contribution in [0.3, 0.4) is 0 Å². The van der Waals surface area contributed by atoms with Crippen molar-refractivity contribution in [1.29, 1.82) is 0 Å². The Labute approximate surface area is 184 Å². The predicted molar refractivity (Wildman–Crippen MR) is 127 cm³/mol. The number of ether oxygens (including phenoxy) is 1. The van der Waals surface area contributed by atoms with Gasteiger partial charge in [-0.25, -0.2) is 0 Å². The van der Waals surface area contributed by atoms with E-state index in [1.54, 1.807) is 0 Å². The molecule has 1 saturated heterocycles. The molecule has 2 N–H and O–H groups in total. The monoisotopic (exact) mass is 497 g/mol. The quantitative estimate of drug-likeness (QED) is 0.261. The van der Waals surface area contributed by atoms with E-state index in [0.717, 1.165) is 38.6 Å². The minimum atomic E-state index is 0. The molecule has 0 saturated carbocycles. The third-order valence-corrected chi connectivity index (χ3v) is 5.17. The molecule has 0 aromatic carbocycles. The summed E-state index contributed by atoms with van der Waals surface area (Å²) in [5, 5.41) is 6.90. The van der Waals surface area contributed by atoms with Crippen molar-refractivity contribution in [3.05, 3.63) is 0 Å². The first-order valence-corrected chi connectivity index (χ1v) is 10.5. The van der Waals surface area contributed by atoms with Crippen LogP contribution in [-0.4, -0.2) is 87.9 Å². The lowest BCUT2D eigenvalue weighted by Gasteiger charge is -2.35. The summed E-state index contributed by atoms with van der Waals surface area (Å²) in [6.07, 6.45) is 1.31. The van der Waals surface area contributed by atoms with Crippen molar-refractivity contribution in [3.63, 3.8) is 0 Å². The highest BCUT2D eigenvalue weighted by atomic mass is 127. The summed E-state index contributed by atoms with van der Waals surface area (Å²) in [5.74, 6) is 2.04. The molecule has 2 unspecified atom stereocenters. The average Bonchev–Trinajstić information content (AvgIpc) is 2.64. The Kier molecular flexibility index (Phi) is 15.7. The Bertz CT molecular complexity index is 387. The maximum atomic E-state index is 5.81. The van der Waals surface area contributed by atoms with Crippen LogP contribution in [0.15, 0.2) is 4.99 Å². The van der Waals surface area contributed by atoms with Crippen molar-refractivity contribution >= 4 is 29.9 Å². The topological polar surface area (TPSA) is 52.1 Å². The highest BCUT2D eigenvalue weighted by molar-refractivity contribution is 14.0. The van der Waals surface area contributed by atoms with Gasteiger partial charge >= 0.3 is 0 Å². The van der Waals surface area contributed by atoms with Crippen LogP contribution in [0.5, 0.6) is 0 Å². The molecular formula is C20H44IN5O. The van der Waals surface area contributed by atoms with E-state index in [2.05, 4.69) is 60.0 Å². The van der Waals surface area contributed by atoms with Gasteiger partial charge in [0.25, 0.3) is 0 Å². The van der Waals surface area contributed by atoms with Gasteiger partial charge in [-0.05, 0) is 31.7 Å². The molecule has 0 spiro atoms. The van der Waals surface area contributed by atoms with Crippen LogP contribution in [0.25, 0.3) is 0 Å². The zero-order chi connectivity index (χ0) is 19.4. The molecule has 2 atom stereocenters. The zero-order valence-corrected chi connectivity index (χ0v) is 20.8. The number of piperazine rings is 1. The van der Waals surface area contributed by atoms with Crippen molar-refractivity contribution < 1.29 is 4.74 Å². The summed E-state index contributed by atoms with van der Waals surface area (Å²) in [5.41, 5.74) is 0. The van der Waals surface area contributed by atoms with Gasteiger partial charge in [0.1, 0.15) is 0 Å². The summed E-state index contributed by atoms with van der Waals surface area (Å²) in [6.45, 7) is 20.8. The molecule has 1 aliphatic rings. The fourth-order valence-corrected chi connectivity index (χ4v) is 3.44. The smallest absolute Gasteiger partial charge is 0.190 e. The Morgan fingerprint density at radius 3 is 2.19 bits per heavy atom. The average molecular weight is 498 g/mol. The zero-order valence-electron chi connectivity index (χ0n) is 18.5. The standard InChI is InChI=1S/C20H43N5O.HI/c1-7-24-11-13-25(14-12-24)16-18(5)15-23-20(21-6)22-10-9-19(17(3)4)26-8-2;/h17-19H,7-16H2,1-6H3,(H2,21,22,23);1H. The Morgan fingerprint density at radius 1 is 1.04 bits per heavy atom. The molecular weight excluding hydrogens is 453 g/mol. The van der Waals surface area contributed by atoms with Gasteiger partial charge in [-0.15, -0.1) is 24.0 Å². The van der Waals surface area contributed by atoms with E-state index in [-0.39, 0.29) is 24.0 Å². The Balaban J connectivity index is 0.00000676. The molecule has 1 fully saturated rings. The minimum absolute atomic E-state index is 0. The van der Waals surface area contributed by atoms with Crippen LogP contribution >= 0.6 is 24.0 Å². The fourth-order valence-electron chi connectivity index (χ4n) is 3.44. The minimum Gasteiger partial charge on any atom is -0.378 e. The first-order chi connectivity index (χ1) is 12.5. The van der Waals surface area contributed by atoms with Gasteiger partial charge in [-0.2, -0.15) is 0 Å². The molecule has 1 aliphatic heterocycles. The van der Waals surface area contributed by atoms with Crippen molar-refractivity contribution in [2.75, 3.05) is 66.0 Å². The van der Waals surface area contributed by atoms with Gasteiger partial charge in [-0.3, -0.25) is 4.99 Å². The molecule has 0 amide bonds. The van der Waals surface area contributed by atoms with Crippen LogP contribution in [0.1, 0.15) is 41.0 Å². The van der Waals surface area contributed by atoms with Gasteiger partial charge < -0.3 is 25.2 Å². The van der Waals surface area contributed by atoms with Crippen molar-refractivity contribution in [2.24, 2.45) is 16.8 Å². The maximum Gasteiger partial charge on any atom is 0.190 e. The van der Waals surface area contributed by atoms with Gasteiger partial charge in [0.15, 0.2) is 5.96 Å². The van der Waals surface area contributed by atoms with E-state index in [1.807, 2.05) is 7.05 Å². The summed E-state index contributed by atoms with van der Waals surface area (Å²) in [7, 11) is 1.84. The molecule has 1 heterocycles. The lowest BCUT2D eigenvalue weighted by molar-refractivity contribution is 0.0258. The lowest BCUT2D eigenvalue weighted by atomic mass is 10.0. The molecule has 27 heavy (non-hydrogen) atoms. The number of guanidine groups is 1. The molecule has 0 aliphatic carbocycles. The van der Waals surface area contributed by atoms with E-state index < -0.39 is 0 Å². The second kappa shape index (κ2) is 15.8. The van der Waals surface area contributed by atoms with E-state index in [1.165, 1.54) is 32.7 Å². The third-order valence-electron chi connectivity index (χ3n) is 5.17. The SMILES string of the molecule is CCOC(CCNC(=NC)NCC(C)CN1CCN(CC)CC1)C(C)C.I. The first kappa shape index (κ1) is 26.9. The van der Waals surface area contributed by atoms with E-state index in [4.69, 9.17) is 4.74 Å². The van der Waals surface area contributed by atoms with Crippen LogP contribution in [0.4, 0.5) is 0 Å². The maximum absolute atomic E-state index is 5.81. The molecule has 6 nitrogen and oxygen atoms in total. The predicted octanol–water partition coefficient (Wildman–Crippen LogP) is 2.49. The molecule has 0 radical (unpaired) electrons. The second-order valence-corrected chi connectivity index (χ2v) is 7.75. The number of rotatable bonds is 11. The number of hydrogen-bond donors (Lipinski definition) is 2. The number of halogens is 1. The molecule has 0 bridgehead atoms. The normalized spacial score (nSPS) is 18.9. The van der Waals surface area contributed by atoms with E-state index >= 15 is 0 Å². The summed E-state index contributed by atoms with van der Waals surface area (Å²) in [4.78, 5) is 9.46. The van der Waals surface area contributed by atoms with E-state index in [9.17, 15) is 0 Å². The number of likely N-dealkylation sites (N-methyl/N-ethyl adjacent to an activating group) is 1. The summed E-state index contributed by atoms with van der Waals surface area (Å²) >= 11 is 0. The van der Waals surface area contributed by atoms with E-state index in [0.29, 0.717) is 17.9 Å². The van der Waals surface area contributed by atoms with Crippen LogP contribution in [0.2, 0.25) is 0 Å². The van der Waals surface area contributed by atoms with Gasteiger partial charge in [-0.1, -0.05) is 27.7 Å². The van der Waals surface area contributed by atoms with Gasteiger partial charge in [0.2, 0.25) is 0 Å². The summed E-state index contributed by atoms with van der Waals surface area (Å²) < 4.78 is 5.81. The van der Waals surface area contributed by atoms with Crippen LogP contribution in [-0.2, 0) is 4.74 Å². The largest absolute Gasteiger partial charge is 0.378 e. The number of nitrogens with zero attached hydrogens (tertiary/aromatic N) is 3. The van der Waals surface area contributed by atoms with Crippen molar-refractivity contribution in [1.82, 2.24) is 20.4 Å². The first-order valence-electron chi connectivity index (χ1n) is 10.5. The Hall–Kier alpha value is -0.120. The Morgan fingerprint density at radius 2 is 1.67 bits per heavy atom. The molecule has 7 heteroatoms. The number of aliphatic imine (C=N–C) groups is 1. The van der Waals surface area contributed by atoms with Crippen LogP contribution in [0, 0.1) is 11.8 Å². The second-order valence-electron chi connectivity index (χ2n) is 7.75. The molecule has 0 aromatic rings. The van der Waals surface area contributed by atoms with Gasteiger partial charge in [0.05, 0.1) is 6.10 Å². The fraction of sp³-hybridized carbons (Fsp3) is 0.950. The molecule has 1 rings (SSSR count). The van der Waals surface area contributed by atoms with Crippen molar-refractivity contribution in [2.45, 2.75) is 47.1 Å². The molecule has 0 aromatic heterocycles. The van der Waals surface area contributed by atoms with Gasteiger partial charge in [0, 0.05) is 59.5 Å². The molecule has 162 valence electrons. The third kappa shape index (κ3) is 11.5. The highest BCUT2D eigenvalue weighted by Crippen LogP contribution is 2.10. The van der Waals surface area contributed by atoms with Crippen molar-refractivity contribution in [3.8, 4) is 0 Å². The van der Waals surface area contributed by atoms with Crippen LogP contribution < -0.4 is 10.6 Å².